The second-order valence-electron chi connectivity index (χ2n) is 2.66. The summed E-state index contributed by atoms with van der Waals surface area (Å²) in [5.74, 6) is 0. The zero-order chi connectivity index (χ0) is 7.61. The van der Waals surface area contributed by atoms with E-state index in [-0.39, 0.29) is 16.9 Å². The molecule has 10 heavy (non-hydrogen) atoms. The standard InChI is InChI=1S/C7H10NO2/c1-2-7(3-4-7)5-6-8(9)10/h2,5H,1,3-4,6H2/q+1. The van der Waals surface area contributed by atoms with Gasteiger partial charge in [0.05, 0.1) is 4.92 Å². The minimum Gasteiger partial charge on any atom is -0.261 e. The lowest BCUT2D eigenvalue weighted by Gasteiger charge is -1.92. The van der Waals surface area contributed by atoms with E-state index < -0.39 is 0 Å². The van der Waals surface area contributed by atoms with Crippen molar-refractivity contribution < 1.29 is 4.92 Å². The summed E-state index contributed by atoms with van der Waals surface area (Å²) in [7, 11) is 0. The lowest BCUT2D eigenvalue weighted by Crippen LogP contribution is -2.08. The van der Waals surface area contributed by atoms with Gasteiger partial charge in [0, 0.05) is 12.8 Å². The topological polar surface area (TPSA) is 43.1 Å². The van der Waals surface area contributed by atoms with Crippen molar-refractivity contribution in [3.8, 4) is 0 Å². The van der Waals surface area contributed by atoms with Crippen molar-refractivity contribution in [1.29, 1.82) is 0 Å². The molecule has 0 aliphatic heterocycles. The molecule has 0 N–H and O–H groups in total. The van der Waals surface area contributed by atoms with Crippen LogP contribution in [0.2, 0.25) is 0 Å². The summed E-state index contributed by atoms with van der Waals surface area (Å²) in [6.45, 7) is 3.58. The number of nitrogens with zero attached hydrogens (tertiary/aromatic N) is 1. The number of rotatable bonds is 4. The summed E-state index contributed by atoms with van der Waals surface area (Å²) in [6.07, 6.45) is 5.60. The first kappa shape index (κ1) is 7.12. The largest absolute Gasteiger partial charge is 0.331 e. The van der Waals surface area contributed by atoms with Crippen molar-refractivity contribution in [3.05, 3.63) is 29.2 Å². The molecule has 1 aliphatic rings. The minimum atomic E-state index is -0.316. The smallest absolute Gasteiger partial charge is 0.261 e. The monoisotopic (exact) mass is 140 g/mol. The van der Waals surface area contributed by atoms with E-state index in [1.54, 1.807) is 12.5 Å². The molecular weight excluding hydrogens is 130 g/mol. The van der Waals surface area contributed by atoms with Gasteiger partial charge >= 0.3 is 6.54 Å². The third-order valence-corrected chi connectivity index (χ3v) is 1.88. The average Bonchev–Trinajstić information content (AvgIpc) is 2.64. The van der Waals surface area contributed by atoms with E-state index in [1.807, 2.05) is 0 Å². The van der Waals surface area contributed by atoms with Gasteiger partial charge in [0.15, 0.2) is 6.42 Å². The molecule has 3 nitrogen and oxygen atoms in total. The molecule has 0 aromatic rings. The fraction of sp³-hybridized carbons (Fsp3) is 0.571. The van der Waals surface area contributed by atoms with Crippen LogP contribution in [0.3, 0.4) is 0 Å². The van der Waals surface area contributed by atoms with Crippen LogP contribution in [0.1, 0.15) is 12.8 Å². The summed E-state index contributed by atoms with van der Waals surface area (Å²) >= 11 is 0. The van der Waals surface area contributed by atoms with E-state index in [2.05, 4.69) is 6.58 Å². The Bertz CT molecular complexity index is 161. The maximum absolute atomic E-state index is 9.93. The number of hydrogen-bond donors (Lipinski definition) is 0. The van der Waals surface area contributed by atoms with Crippen molar-refractivity contribution >= 4 is 0 Å². The van der Waals surface area contributed by atoms with Gasteiger partial charge in [0.2, 0.25) is 0 Å². The molecule has 0 bridgehead atoms. The summed E-state index contributed by atoms with van der Waals surface area (Å²) in [5.41, 5.74) is 0.0209. The quantitative estimate of drug-likeness (QED) is 0.256. The Morgan fingerprint density at radius 3 is 2.70 bits per heavy atom. The van der Waals surface area contributed by atoms with Crippen LogP contribution in [-0.4, -0.2) is 11.5 Å². The predicted octanol–water partition coefficient (Wildman–Crippen LogP) is 1.43. The summed E-state index contributed by atoms with van der Waals surface area (Å²) in [4.78, 5) is 9.61. The van der Waals surface area contributed by atoms with Crippen molar-refractivity contribution in [2.75, 3.05) is 6.54 Å². The minimum absolute atomic E-state index is 0.0209. The third-order valence-electron chi connectivity index (χ3n) is 1.88. The zero-order valence-electron chi connectivity index (χ0n) is 5.75. The van der Waals surface area contributed by atoms with Gasteiger partial charge < -0.3 is 0 Å². The van der Waals surface area contributed by atoms with Crippen LogP contribution in [-0.2, 0) is 0 Å². The third kappa shape index (κ3) is 1.50. The molecule has 0 atom stereocenters. The highest BCUT2D eigenvalue weighted by Gasteiger charge is 2.49. The molecule has 1 saturated carbocycles. The molecule has 54 valence electrons. The van der Waals surface area contributed by atoms with Gasteiger partial charge in [-0.25, -0.2) is 0 Å². The Kier molecular flexibility index (Phi) is 1.66. The van der Waals surface area contributed by atoms with E-state index in [4.69, 9.17) is 0 Å². The van der Waals surface area contributed by atoms with E-state index in [1.165, 1.54) is 0 Å². The van der Waals surface area contributed by atoms with Gasteiger partial charge in [0.25, 0.3) is 0 Å². The lowest BCUT2D eigenvalue weighted by atomic mass is 10.0. The first-order valence-electron chi connectivity index (χ1n) is 3.28. The Labute approximate surface area is 59.9 Å². The molecule has 0 saturated heterocycles. The van der Waals surface area contributed by atoms with Gasteiger partial charge in [-0.2, -0.15) is 0 Å². The molecule has 1 aliphatic carbocycles. The predicted molar refractivity (Wildman–Crippen MR) is 38.0 cm³/mol. The van der Waals surface area contributed by atoms with Crippen molar-refractivity contribution in [3.63, 3.8) is 0 Å². The lowest BCUT2D eigenvalue weighted by molar-refractivity contribution is -0.472. The maximum atomic E-state index is 9.93. The van der Waals surface area contributed by atoms with Crippen molar-refractivity contribution in [2.24, 2.45) is 5.41 Å². The number of allylic oxidation sites excluding steroid dienone is 1. The maximum Gasteiger partial charge on any atom is 0.331 e. The van der Waals surface area contributed by atoms with Crippen LogP contribution in [0.25, 0.3) is 0 Å². The fourth-order valence-corrected chi connectivity index (χ4v) is 0.892. The van der Waals surface area contributed by atoms with Crippen LogP contribution in [0.15, 0.2) is 12.7 Å². The Hall–Kier alpha value is -0.990. The van der Waals surface area contributed by atoms with Crippen molar-refractivity contribution in [1.82, 2.24) is 0 Å². The SMILES string of the molecule is C=CC1([CH+]C[N+](=O)[O-])CC1. The average molecular weight is 140 g/mol. The number of nitro groups is 1. The Morgan fingerprint density at radius 1 is 1.80 bits per heavy atom. The van der Waals surface area contributed by atoms with E-state index in [0.29, 0.717) is 0 Å². The van der Waals surface area contributed by atoms with E-state index >= 15 is 0 Å². The molecule has 1 rings (SSSR count). The normalized spacial score (nSPS) is 19.6. The first-order chi connectivity index (χ1) is 4.68. The fourth-order valence-electron chi connectivity index (χ4n) is 0.892. The van der Waals surface area contributed by atoms with Crippen LogP contribution < -0.4 is 0 Å². The molecule has 0 aromatic heterocycles. The number of hydrogen-bond acceptors (Lipinski definition) is 2. The molecule has 0 radical (unpaired) electrons. The molecule has 0 amide bonds. The van der Waals surface area contributed by atoms with Crippen LogP contribution in [0.4, 0.5) is 0 Å². The van der Waals surface area contributed by atoms with Gasteiger partial charge in [-0.05, 0) is 6.08 Å². The molecule has 0 aromatic carbocycles. The van der Waals surface area contributed by atoms with Gasteiger partial charge in [-0.1, -0.05) is 6.58 Å². The summed E-state index contributed by atoms with van der Waals surface area (Å²) in [5, 5.41) is 9.93. The van der Waals surface area contributed by atoms with Crippen LogP contribution >= 0.6 is 0 Å². The summed E-state index contributed by atoms with van der Waals surface area (Å²) in [6, 6.07) is 0. The molecule has 3 heteroatoms. The van der Waals surface area contributed by atoms with Crippen molar-refractivity contribution in [2.45, 2.75) is 12.8 Å². The van der Waals surface area contributed by atoms with Gasteiger partial charge in [-0.15, -0.1) is 0 Å². The zero-order valence-corrected chi connectivity index (χ0v) is 5.75. The Balaban J connectivity index is 2.25. The van der Waals surface area contributed by atoms with Crippen LogP contribution in [0, 0.1) is 22.0 Å². The summed E-state index contributed by atoms with van der Waals surface area (Å²) < 4.78 is 0. The second-order valence-corrected chi connectivity index (χ2v) is 2.66. The molecular formula is C7H10NO2+. The van der Waals surface area contributed by atoms with Crippen LogP contribution in [0.5, 0.6) is 0 Å². The van der Waals surface area contributed by atoms with Gasteiger partial charge in [-0.3, -0.25) is 10.1 Å². The second kappa shape index (κ2) is 2.33. The molecule has 1 fully saturated rings. The highest BCUT2D eigenvalue weighted by Crippen LogP contribution is 2.48. The molecule has 0 spiro atoms. The highest BCUT2D eigenvalue weighted by molar-refractivity contribution is 5.13. The molecule has 0 heterocycles. The highest BCUT2D eigenvalue weighted by atomic mass is 16.6. The first-order valence-corrected chi connectivity index (χ1v) is 3.28. The molecule has 0 unspecified atom stereocenters. The van der Waals surface area contributed by atoms with Gasteiger partial charge in [0.1, 0.15) is 5.41 Å². The Morgan fingerprint density at radius 2 is 2.40 bits per heavy atom. The van der Waals surface area contributed by atoms with E-state index in [9.17, 15) is 10.1 Å². The van der Waals surface area contributed by atoms with E-state index in [0.717, 1.165) is 12.8 Å².